The van der Waals surface area contributed by atoms with Crippen LogP contribution in [0, 0.1) is 5.41 Å². The molecule has 1 aromatic carbocycles. The largest absolute Gasteiger partial charge is 0.480 e. The van der Waals surface area contributed by atoms with Gasteiger partial charge in [-0.3, -0.25) is 19.9 Å². The summed E-state index contributed by atoms with van der Waals surface area (Å²) in [5, 5.41) is 22.6. The summed E-state index contributed by atoms with van der Waals surface area (Å²) in [7, 11) is 0. The number of carboxylic acids is 1. The predicted molar refractivity (Wildman–Crippen MR) is 128 cm³/mol. The van der Waals surface area contributed by atoms with E-state index in [-0.39, 0.29) is 31.2 Å². The summed E-state index contributed by atoms with van der Waals surface area (Å²) in [4.78, 5) is 48.1. The topological polar surface area (TPSA) is 192 Å². The van der Waals surface area contributed by atoms with Crippen LogP contribution in [-0.2, 0) is 25.6 Å². The molecule has 2 amide bonds. The smallest absolute Gasteiger partial charge is 0.326 e. The highest BCUT2D eigenvalue weighted by atomic mass is 35.5. The number of hydrogen-bond acceptors (Lipinski definition) is 7. The summed E-state index contributed by atoms with van der Waals surface area (Å²) in [5.74, 6) is -2.66. The first-order chi connectivity index (χ1) is 16.2. The third kappa shape index (κ3) is 9.86. The van der Waals surface area contributed by atoms with Crippen molar-refractivity contribution in [1.29, 1.82) is 5.41 Å². The lowest BCUT2D eigenvalue weighted by atomic mass is 10.0. The van der Waals surface area contributed by atoms with Gasteiger partial charge in [0.05, 0.1) is 18.0 Å². The number of imide groups is 1. The number of amides is 2. The molecule has 0 aromatic heterocycles. The van der Waals surface area contributed by atoms with Crippen LogP contribution in [0.15, 0.2) is 30.3 Å². The number of halogens is 1. The molecule has 34 heavy (non-hydrogen) atoms. The standard InChI is InChI=1S/C20H30N6O4.C2H3ClO/c21-14(12-13-6-2-1-3-7-13)17(27)26(18(28)15-8-4-10-24-15)16(19(29)30)9-5-11-25-20(22)23;3-1-2-4/h1-3,6-7,14-16,24H,4-5,8-12,21H2,(H,29,30)(H4,22,23,25);2H,1H2. The van der Waals surface area contributed by atoms with E-state index in [4.69, 9.17) is 33.3 Å². The molecule has 1 aliphatic rings. The first-order valence-corrected chi connectivity index (χ1v) is 11.5. The molecule has 1 saturated heterocycles. The first-order valence-electron chi connectivity index (χ1n) is 10.9. The molecule has 8 N–H and O–H groups in total. The monoisotopic (exact) mass is 496 g/mol. The van der Waals surface area contributed by atoms with E-state index < -0.39 is 35.9 Å². The number of carbonyl (C=O) groups excluding carboxylic acids is 3. The van der Waals surface area contributed by atoms with Crippen LogP contribution in [0.2, 0.25) is 0 Å². The number of benzene rings is 1. The number of nitrogens with zero attached hydrogens (tertiary/aromatic N) is 1. The molecule has 1 aliphatic heterocycles. The summed E-state index contributed by atoms with van der Waals surface area (Å²) in [6.45, 7) is 0.891. The highest BCUT2D eigenvalue weighted by Gasteiger charge is 2.40. The number of nitrogens with two attached hydrogens (primary N) is 2. The number of hydrogen-bond donors (Lipinski definition) is 6. The minimum Gasteiger partial charge on any atom is -0.480 e. The quantitative estimate of drug-likeness (QED) is 0.0791. The van der Waals surface area contributed by atoms with Crippen LogP contribution in [0.25, 0.3) is 0 Å². The molecule has 12 heteroatoms. The number of aliphatic carboxylic acids is 1. The average molecular weight is 497 g/mol. The van der Waals surface area contributed by atoms with Gasteiger partial charge in [-0.15, -0.1) is 11.6 Å². The lowest BCUT2D eigenvalue weighted by Gasteiger charge is -2.31. The Morgan fingerprint density at radius 3 is 2.47 bits per heavy atom. The predicted octanol–water partition coefficient (Wildman–Crippen LogP) is -0.196. The van der Waals surface area contributed by atoms with Crippen molar-refractivity contribution in [3.8, 4) is 0 Å². The Labute approximate surface area is 203 Å². The SMILES string of the molecule is N=C(N)NCCCC(C(=O)O)N(C(=O)C(N)Cc1ccccc1)C(=O)C1CCCN1.O=CCCl. The van der Waals surface area contributed by atoms with Crippen LogP contribution in [0.3, 0.4) is 0 Å². The Morgan fingerprint density at radius 1 is 1.32 bits per heavy atom. The molecule has 1 aromatic rings. The van der Waals surface area contributed by atoms with Crippen LogP contribution in [0.5, 0.6) is 0 Å². The van der Waals surface area contributed by atoms with Crippen molar-refractivity contribution in [1.82, 2.24) is 15.5 Å². The number of carboxylic acid groups (broad SMARTS) is 1. The van der Waals surface area contributed by atoms with E-state index in [9.17, 15) is 19.5 Å². The van der Waals surface area contributed by atoms with Crippen molar-refractivity contribution in [2.24, 2.45) is 11.5 Å². The van der Waals surface area contributed by atoms with E-state index in [1.807, 2.05) is 30.3 Å². The molecule has 0 radical (unpaired) electrons. The average Bonchev–Trinajstić information content (AvgIpc) is 3.36. The van der Waals surface area contributed by atoms with Crippen LogP contribution >= 0.6 is 11.6 Å². The molecular formula is C22H33ClN6O5. The van der Waals surface area contributed by atoms with Gasteiger partial charge in [0.15, 0.2) is 5.96 Å². The molecule has 0 aliphatic carbocycles. The van der Waals surface area contributed by atoms with Crippen molar-refractivity contribution in [3.63, 3.8) is 0 Å². The number of guanidine groups is 1. The van der Waals surface area contributed by atoms with Gasteiger partial charge in [0.25, 0.3) is 0 Å². The lowest BCUT2D eigenvalue weighted by Crippen LogP contribution is -2.58. The Balaban J connectivity index is 0.00000133. The van der Waals surface area contributed by atoms with Crippen LogP contribution in [0.1, 0.15) is 31.2 Å². The molecule has 1 fully saturated rings. The third-order valence-electron chi connectivity index (χ3n) is 5.08. The first kappa shape index (κ1) is 29.0. The zero-order valence-electron chi connectivity index (χ0n) is 18.9. The van der Waals surface area contributed by atoms with Gasteiger partial charge in [-0.05, 0) is 44.2 Å². The Kier molecular flexibility index (Phi) is 13.4. The molecular weight excluding hydrogens is 464 g/mol. The number of rotatable bonds is 11. The second kappa shape index (κ2) is 15.8. The van der Waals surface area contributed by atoms with Gasteiger partial charge in [0.1, 0.15) is 12.3 Å². The molecule has 0 saturated carbocycles. The number of nitrogens with one attached hydrogen (secondary N) is 3. The molecule has 188 valence electrons. The maximum absolute atomic E-state index is 13.2. The Bertz CT molecular complexity index is 819. The summed E-state index contributed by atoms with van der Waals surface area (Å²) in [6.07, 6.45) is 2.47. The lowest BCUT2D eigenvalue weighted by molar-refractivity contribution is -0.159. The second-order valence-electron chi connectivity index (χ2n) is 7.65. The Hall–Kier alpha value is -3.02. The minimum atomic E-state index is -1.34. The van der Waals surface area contributed by atoms with E-state index in [0.29, 0.717) is 25.7 Å². The highest BCUT2D eigenvalue weighted by molar-refractivity contribution is 6.24. The van der Waals surface area contributed by atoms with Crippen molar-refractivity contribution >= 4 is 41.6 Å². The third-order valence-corrected chi connectivity index (χ3v) is 5.20. The van der Waals surface area contributed by atoms with E-state index in [2.05, 4.69) is 10.6 Å². The fourth-order valence-electron chi connectivity index (χ4n) is 3.49. The number of aldehydes is 1. The summed E-state index contributed by atoms with van der Waals surface area (Å²) >= 11 is 4.82. The molecule has 3 atom stereocenters. The minimum absolute atomic E-state index is 0.0257. The number of alkyl halides is 1. The maximum Gasteiger partial charge on any atom is 0.326 e. The van der Waals surface area contributed by atoms with Crippen molar-refractivity contribution in [3.05, 3.63) is 35.9 Å². The van der Waals surface area contributed by atoms with Crippen molar-refractivity contribution in [2.75, 3.05) is 19.0 Å². The highest BCUT2D eigenvalue weighted by Crippen LogP contribution is 2.17. The van der Waals surface area contributed by atoms with Crippen molar-refractivity contribution in [2.45, 2.75) is 50.2 Å². The van der Waals surface area contributed by atoms with Crippen LogP contribution in [0.4, 0.5) is 0 Å². The van der Waals surface area contributed by atoms with E-state index >= 15 is 0 Å². The van der Waals surface area contributed by atoms with Gasteiger partial charge in [-0.2, -0.15) is 0 Å². The van der Waals surface area contributed by atoms with Gasteiger partial charge in [0, 0.05) is 6.54 Å². The zero-order valence-corrected chi connectivity index (χ0v) is 19.7. The van der Waals surface area contributed by atoms with Gasteiger partial charge >= 0.3 is 5.97 Å². The second-order valence-corrected chi connectivity index (χ2v) is 7.96. The van der Waals surface area contributed by atoms with Crippen molar-refractivity contribution < 1.29 is 24.3 Å². The van der Waals surface area contributed by atoms with Gasteiger partial charge in [0.2, 0.25) is 11.8 Å². The van der Waals surface area contributed by atoms with E-state index in [1.54, 1.807) is 0 Å². The fourth-order valence-corrected chi connectivity index (χ4v) is 3.49. The maximum atomic E-state index is 13.2. The number of carbonyl (C=O) groups is 4. The van der Waals surface area contributed by atoms with Gasteiger partial charge < -0.3 is 32.0 Å². The zero-order chi connectivity index (χ0) is 25.5. The van der Waals surface area contributed by atoms with Crippen LogP contribution in [-0.4, -0.2) is 77.1 Å². The molecule has 0 spiro atoms. The molecule has 0 bridgehead atoms. The summed E-state index contributed by atoms with van der Waals surface area (Å²) in [5.41, 5.74) is 12.2. The van der Waals surface area contributed by atoms with Gasteiger partial charge in [-0.25, -0.2) is 4.79 Å². The van der Waals surface area contributed by atoms with Gasteiger partial charge in [-0.1, -0.05) is 30.3 Å². The Morgan fingerprint density at radius 2 is 1.97 bits per heavy atom. The van der Waals surface area contributed by atoms with E-state index in [1.165, 1.54) is 0 Å². The molecule has 3 unspecified atom stereocenters. The van der Waals surface area contributed by atoms with E-state index in [0.717, 1.165) is 16.9 Å². The summed E-state index contributed by atoms with van der Waals surface area (Å²) < 4.78 is 0. The molecule has 11 nitrogen and oxygen atoms in total. The fraction of sp³-hybridized carbons (Fsp3) is 0.500. The molecule has 1 heterocycles. The molecule has 2 rings (SSSR count). The normalized spacial score (nSPS) is 16.4. The van der Waals surface area contributed by atoms with Crippen LogP contribution < -0.4 is 22.1 Å². The summed E-state index contributed by atoms with van der Waals surface area (Å²) in [6, 6.07) is 6.13.